The summed E-state index contributed by atoms with van der Waals surface area (Å²) in [6, 6.07) is 0.529. The molecule has 0 bridgehead atoms. The molecule has 1 aliphatic heterocycles. The van der Waals surface area contributed by atoms with Gasteiger partial charge in [-0.1, -0.05) is 18.3 Å². The highest BCUT2D eigenvalue weighted by Crippen LogP contribution is 2.17. The second-order valence-corrected chi connectivity index (χ2v) is 4.60. The van der Waals surface area contributed by atoms with Crippen LogP contribution in [0.4, 0.5) is 5.13 Å². The molecule has 0 spiro atoms. The maximum Gasteiger partial charge on any atom is 0.205 e. The number of hydrogen-bond donors (Lipinski definition) is 2. The van der Waals surface area contributed by atoms with Crippen molar-refractivity contribution in [2.24, 2.45) is 0 Å². The third-order valence-electron chi connectivity index (χ3n) is 2.39. The fourth-order valence-electron chi connectivity index (χ4n) is 1.60. The Hall–Kier alpha value is -0.680. The van der Waals surface area contributed by atoms with E-state index >= 15 is 0 Å². The first-order valence-electron chi connectivity index (χ1n) is 5.18. The van der Waals surface area contributed by atoms with Crippen molar-refractivity contribution in [2.45, 2.75) is 32.2 Å². The zero-order valence-corrected chi connectivity index (χ0v) is 9.23. The van der Waals surface area contributed by atoms with Crippen molar-refractivity contribution in [2.75, 3.05) is 18.4 Å². The summed E-state index contributed by atoms with van der Waals surface area (Å²) < 4.78 is 0. The van der Waals surface area contributed by atoms with E-state index in [-0.39, 0.29) is 0 Å². The Morgan fingerprint density at radius 1 is 1.57 bits per heavy atom. The highest BCUT2D eigenvalue weighted by atomic mass is 32.1. The summed E-state index contributed by atoms with van der Waals surface area (Å²) in [5, 5.41) is 17.1. The van der Waals surface area contributed by atoms with Crippen molar-refractivity contribution in [3.8, 4) is 0 Å². The molecule has 2 heterocycles. The van der Waals surface area contributed by atoms with Gasteiger partial charge in [-0.15, -0.1) is 10.2 Å². The Bertz CT molecular complexity index is 280. The topological polar surface area (TPSA) is 49.8 Å². The largest absolute Gasteiger partial charge is 0.356 e. The van der Waals surface area contributed by atoms with Crippen molar-refractivity contribution >= 4 is 16.5 Å². The highest BCUT2D eigenvalue weighted by molar-refractivity contribution is 7.15. The Labute approximate surface area is 88.1 Å². The maximum absolute atomic E-state index is 4.11. The van der Waals surface area contributed by atoms with E-state index in [1.165, 1.54) is 12.8 Å². The molecule has 1 fully saturated rings. The number of piperidine rings is 1. The first-order chi connectivity index (χ1) is 6.88. The first-order valence-corrected chi connectivity index (χ1v) is 5.99. The van der Waals surface area contributed by atoms with Crippen molar-refractivity contribution in [3.63, 3.8) is 0 Å². The van der Waals surface area contributed by atoms with Crippen molar-refractivity contribution in [1.82, 2.24) is 15.5 Å². The van der Waals surface area contributed by atoms with Gasteiger partial charge in [0.05, 0.1) is 0 Å². The number of rotatable bonds is 3. The van der Waals surface area contributed by atoms with Gasteiger partial charge in [0, 0.05) is 12.6 Å². The SMILES string of the molecule is CCc1nnc(NC2CCCNC2)s1. The Kier molecular flexibility index (Phi) is 3.31. The van der Waals surface area contributed by atoms with Crippen LogP contribution < -0.4 is 10.6 Å². The molecule has 1 saturated heterocycles. The first kappa shape index (κ1) is 9.86. The molecule has 4 nitrogen and oxygen atoms in total. The van der Waals surface area contributed by atoms with E-state index < -0.39 is 0 Å². The van der Waals surface area contributed by atoms with E-state index in [4.69, 9.17) is 0 Å². The normalized spacial score (nSPS) is 22.2. The molecular weight excluding hydrogens is 196 g/mol. The quantitative estimate of drug-likeness (QED) is 0.792. The Morgan fingerprint density at radius 2 is 2.50 bits per heavy atom. The van der Waals surface area contributed by atoms with E-state index in [1.54, 1.807) is 11.3 Å². The van der Waals surface area contributed by atoms with Crippen LogP contribution in [0.15, 0.2) is 0 Å². The van der Waals surface area contributed by atoms with Crippen LogP contribution in [0.5, 0.6) is 0 Å². The second-order valence-electron chi connectivity index (χ2n) is 3.54. The molecule has 0 saturated carbocycles. The van der Waals surface area contributed by atoms with Gasteiger partial charge in [0.2, 0.25) is 5.13 Å². The van der Waals surface area contributed by atoms with Crippen LogP contribution >= 0.6 is 11.3 Å². The van der Waals surface area contributed by atoms with Gasteiger partial charge < -0.3 is 10.6 Å². The van der Waals surface area contributed by atoms with Crippen LogP contribution in [0.1, 0.15) is 24.8 Å². The molecular formula is C9H16N4S. The summed E-state index contributed by atoms with van der Waals surface area (Å²) in [5.41, 5.74) is 0. The van der Waals surface area contributed by atoms with Gasteiger partial charge in [-0.3, -0.25) is 0 Å². The van der Waals surface area contributed by atoms with Gasteiger partial charge in [0.15, 0.2) is 0 Å². The van der Waals surface area contributed by atoms with E-state index in [2.05, 4.69) is 27.8 Å². The molecule has 5 heteroatoms. The molecule has 1 aromatic rings. The minimum atomic E-state index is 0.529. The van der Waals surface area contributed by atoms with Crippen molar-refractivity contribution in [3.05, 3.63) is 5.01 Å². The number of aromatic nitrogens is 2. The molecule has 1 aliphatic rings. The zero-order valence-electron chi connectivity index (χ0n) is 8.42. The predicted octanol–water partition coefficient (Wildman–Crippen LogP) is 1.26. The van der Waals surface area contributed by atoms with E-state index in [0.717, 1.165) is 29.6 Å². The van der Waals surface area contributed by atoms with Gasteiger partial charge >= 0.3 is 0 Å². The van der Waals surface area contributed by atoms with Crippen LogP contribution in [-0.2, 0) is 6.42 Å². The molecule has 2 rings (SSSR count). The predicted molar refractivity (Wildman–Crippen MR) is 58.8 cm³/mol. The van der Waals surface area contributed by atoms with E-state index in [1.807, 2.05) is 0 Å². The maximum atomic E-state index is 4.11. The van der Waals surface area contributed by atoms with Crippen LogP contribution in [0.2, 0.25) is 0 Å². The van der Waals surface area contributed by atoms with Gasteiger partial charge in [-0.05, 0) is 25.8 Å². The number of nitrogens with one attached hydrogen (secondary N) is 2. The lowest BCUT2D eigenvalue weighted by atomic mass is 10.1. The van der Waals surface area contributed by atoms with Crippen LogP contribution in [-0.4, -0.2) is 29.3 Å². The minimum absolute atomic E-state index is 0.529. The zero-order chi connectivity index (χ0) is 9.80. The fraction of sp³-hybridized carbons (Fsp3) is 0.778. The molecule has 1 unspecified atom stereocenters. The molecule has 14 heavy (non-hydrogen) atoms. The minimum Gasteiger partial charge on any atom is -0.356 e. The molecule has 0 aromatic carbocycles. The lowest BCUT2D eigenvalue weighted by molar-refractivity contribution is 0.479. The molecule has 0 amide bonds. The molecule has 1 aromatic heterocycles. The van der Waals surface area contributed by atoms with Gasteiger partial charge in [-0.25, -0.2) is 0 Å². The highest BCUT2D eigenvalue weighted by Gasteiger charge is 2.14. The lowest BCUT2D eigenvalue weighted by Gasteiger charge is -2.22. The van der Waals surface area contributed by atoms with E-state index in [0.29, 0.717) is 6.04 Å². The molecule has 0 aliphatic carbocycles. The summed E-state index contributed by atoms with van der Waals surface area (Å²) in [4.78, 5) is 0. The third-order valence-corrected chi connectivity index (χ3v) is 3.39. The third kappa shape index (κ3) is 2.42. The summed E-state index contributed by atoms with van der Waals surface area (Å²) in [6.45, 7) is 4.29. The van der Waals surface area contributed by atoms with Crippen molar-refractivity contribution in [1.29, 1.82) is 0 Å². The lowest BCUT2D eigenvalue weighted by Crippen LogP contribution is -2.38. The van der Waals surface area contributed by atoms with Crippen molar-refractivity contribution < 1.29 is 0 Å². The Balaban J connectivity index is 1.89. The molecule has 1 atom stereocenters. The average Bonchev–Trinajstić information content (AvgIpc) is 2.67. The van der Waals surface area contributed by atoms with Gasteiger partial charge in [0.1, 0.15) is 5.01 Å². The molecule has 2 N–H and O–H groups in total. The van der Waals surface area contributed by atoms with Crippen LogP contribution in [0, 0.1) is 0 Å². The summed E-state index contributed by atoms with van der Waals surface area (Å²) in [7, 11) is 0. The van der Waals surface area contributed by atoms with Crippen LogP contribution in [0.25, 0.3) is 0 Å². The number of hydrogen-bond acceptors (Lipinski definition) is 5. The summed E-state index contributed by atoms with van der Waals surface area (Å²) in [6.07, 6.45) is 3.45. The standard InChI is InChI=1S/C9H16N4S/c1-2-8-12-13-9(14-8)11-7-4-3-5-10-6-7/h7,10H,2-6H2,1H3,(H,11,13). The number of aryl methyl sites for hydroxylation is 1. The van der Waals surface area contributed by atoms with Crippen LogP contribution in [0.3, 0.4) is 0 Å². The fourth-order valence-corrected chi connectivity index (χ4v) is 2.36. The number of anilines is 1. The smallest absolute Gasteiger partial charge is 0.205 e. The molecule has 0 radical (unpaired) electrons. The Morgan fingerprint density at radius 3 is 3.14 bits per heavy atom. The second kappa shape index (κ2) is 4.70. The summed E-state index contributed by atoms with van der Waals surface area (Å²) >= 11 is 1.67. The van der Waals surface area contributed by atoms with Gasteiger partial charge in [-0.2, -0.15) is 0 Å². The molecule has 78 valence electrons. The average molecular weight is 212 g/mol. The van der Waals surface area contributed by atoms with E-state index in [9.17, 15) is 0 Å². The number of nitrogens with zero attached hydrogens (tertiary/aromatic N) is 2. The monoisotopic (exact) mass is 212 g/mol. The summed E-state index contributed by atoms with van der Waals surface area (Å²) in [5.74, 6) is 0. The van der Waals surface area contributed by atoms with Gasteiger partial charge in [0.25, 0.3) is 0 Å².